The minimum atomic E-state index is 0.490. The van der Waals surface area contributed by atoms with Crippen molar-refractivity contribution in [2.45, 2.75) is 52.6 Å². The molecule has 1 unspecified atom stereocenters. The minimum Gasteiger partial charge on any atom is -0.377 e. The fourth-order valence-electron chi connectivity index (χ4n) is 2.75. The predicted molar refractivity (Wildman–Crippen MR) is 70.2 cm³/mol. The molecule has 0 spiro atoms. The summed E-state index contributed by atoms with van der Waals surface area (Å²) in [6.45, 7) is 10.7. The Morgan fingerprint density at radius 2 is 2.06 bits per heavy atom. The Labute approximate surface area is 104 Å². The van der Waals surface area contributed by atoms with Gasteiger partial charge in [-0.05, 0) is 41.4 Å². The van der Waals surface area contributed by atoms with Crippen molar-refractivity contribution in [2.24, 2.45) is 5.92 Å². The monoisotopic (exact) mass is 233 g/mol. The highest BCUT2D eigenvalue weighted by Crippen LogP contribution is 2.37. The van der Waals surface area contributed by atoms with E-state index in [0.717, 1.165) is 19.6 Å². The van der Waals surface area contributed by atoms with Crippen molar-refractivity contribution in [3.05, 3.63) is 29.1 Å². The van der Waals surface area contributed by atoms with Crippen molar-refractivity contribution in [2.75, 3.05) is 6.61 Å². The summed E-state index contributed by atoms with van der Waals surface area (Å²) in [7, 11) is 0. The normalized spacial score (nSPS) is 20.5. The average molecular weight is 233 g/mol. The number of nitrogens with zero attached hydrogens (tertiary/aromatic N) is 1. The van der Waals surface area contributed by atoms with E-state index in [1.807, 2.05) is 6.20 Å². The molecule has 0 bridgehead atoms. The number of aromatic nitrogens is 1. The number of ether oxygens (including phenoxy) is 1. The summed E-state index contributed by atoms with van der Waals surface area (Å²) in [6.07, 6.45) is 3.05. The van der Waals surface area contributed by atoms with Crippen LogP contribution in [-0.4, -0.2) is 11.6 Å². The van der Waals surface area contributed by atoms with E-state index in [9.17, 15) is 0 Å². The van der Waals surface area contributed by atoms with E-state index in [-0.39, 0.29) is 0 Å². The molecule has 0 aliphatic carbocycles. The number of hydrogen-bond donors (Lipinski definition) is 0. The molecule has 0 fully saturated rings. The molecule has 1 aromatic heterocycles. The van der Waals surface area contributed by atoms with Crippen molar-refractivity contribution in [3.63, 3.8) is 0 Å². The molecule has 1 aliphatic heterocycles. The summed E-state index contributed by atoms with van der Waals surface area (Å²) >= 11 is 0. The third kappa shape index (κ3) is 2.52. The third-order valence-corrected chi connectivity index (χ3v) is 3.66. The molecule has 1 atom stereocenters. The van der Waals surface area contributed by atoms with Crippen LogP contribution < -0.4 is 0 Å². The maximum atomic E-state index is 5.71. The van der Waals surface area contributed by atoms with Crippen LogP contribution in [-0.2, 0) is 11.3 Å². The number of pyridine rings is 1. The lowest BCUT2D eigenvalue weighted by molar-refractivity contribution is 0.119. The van der Waals surface area contributed by atoms with Crippen LogP contribution >= 0.6 is 0 Å². The molecule has 2 nitrogen and oxygen atoms in total. The standard InChI is InChI=1S/C15H23NO/c1-10(2)13-6-8-17-9-12-5-7-16-15(11(3)4)14(12)13/h5,7,10-11,13H,6,8-9H2,1-4H3. The molecule has 0 radical (unpaired) electrons. The zero-order valence-corrected chi connectivity index (χ0v) is 11.4. The molecule has 0 aromatic carbocycles. The van der Waals surface area contributed by atoms with Crippen molar-refractivity contribution < 1.29 is 4.74 Å². The molecule has 2 rings (SSSR count). The molecule has 2 heterocycles. The van der Waals surface area contributed by atoms with Crippen LogP contribution in [0.2, 0.25) is 0 Å². The van der Waals surface area contributed by atoms with Gasteiger partial charge in [-0.3, -0.25) is 4.98 Å². The summed E-state index contributed by atoms with van der Waals surface area (Å²) in [5.41, 5.74) is 4.08. The first-order valence-electron chi connectivity index (χ1n) is 6.66. The van der Waals surface area contributed by atoms with Crippen LogP contribution in [0.3, 0.4) is 0 Å². The topological polar surface area (TPSA) is 22.1 Å². The first-order chi connectivity index (χ1) is 8.11. The Morgan fingerprint density at radius 3 is 2.71 bits per heavy atom. The fourth-order valence-corrected chi connectivity index (χ4v) is 2.75. The highest BCUT2D eigenvalue weighted by Gasteiger charge is 2.26. The van der Waals surface area contributed by atoms with Gasteiger partial charge in [0.25, 0.3) is 0 Å². The SMILES string of the molecule is CC(C)c1nccc2c1C(C(C)C)CCOC2. The molecule has 0 saturated heterocycles. The molecule has 0 N–H and O–H groups in total. The van der Waals surface area contributed by atoms with Gasteiger partial charge in [0.05, 0.1) is 6.61 Å². The van der Waals surface area contributed by atoms with Gasteiger partial charge in [0, 0.05) is 18.5 Å². The lowest BCUT2D eigenvalue weighted by atomic mass is 9.81. The van der Waals surface area contributed by atoms with Gasteiger partial charge < -0.3 is 4.74 Å². The summed E-state index contributed by atoms with van der Waals surface area (Å²) in [4.78, 5) is 4.61. The summed E-state index contributed by atoms with van der Waals surface area (Å²) in [5.74, 6) is 1.74. The Morgan fingerprint density at radius 1 is 1.29 bits per heavy atom. The summed E-state index contributed by atoms with van der Waals surface area (Å²) in [5, 5.41) is 0. The van der Waals surface area contributed by atoms with Gasteiger partial charge in [0.2, 0.25) is 0 Å². The molecule has 0 saturated carbocycles. The Kier molecular flexibility index (Phi) is 3.82. The summed E-state index contributed by atoms with van der Waals surface area (Å²) in [6, 6.07) is 2.13. The highest BCUT2D eigenvalue weighted by atomic mass is 16.5. The van der Waals surface area contributed by atoms with E-state index in [0.29, 0.717) is 17.8 Å². The van der Waals surface area contributed by atoms with Crippen molar-refractivity contribution in [1.29, 1.82) is 0 Å². The Bertz CT molecular complexity index is 385. The lowest BCUT2D eigenvalue weighted by Crippen LogP contribution is -2.13. The van der Waals surface area contributed by atoms with Gasteiger partial charge in [-0.2, -0.15) is 0 Å². The smallest absolute Gasteiger partial charge is 0.0720 e. The average Bonchev–Trinajstić information content (AvgIpc) is 2.50. The zero-order chi connectivity index (χ0) is 12.4. The second-order valence-corrected chi connectivity index (χ2v) is 5.62. The van der Waals surface area contributed by atoms with E-state index >= 15 is 0 Å². The number of hydrogen-bond acceptors (Lipinski definition) is 2. The van der Waals surface area contributed by atoms with Gasteiger partial charge in [0.15, 0.2) is 0 Å². The van der Waals surface area contributed by atoms with Gasteiger partial charge in [-0.15, -0.1) is 0 Å². The summed E-state index contributed by atoms with van der Waals surface area (Å²) < 4.78 is 5.71. The first-order valence-corrected chi connectivity index (χ1v) is 6.66. The van der Waals surface area contributed by atoms with Crippen LogP contribution in [0, 0.1) is 5.92 Å². The second kappa shape index (κ2) is 5.18. The number of fused-ring (bicyclic) bond motifs is 1. The Hall–Kier alpha value is -0.890. The highest BCUT2D eigenvalue weighted by molar-refractivity contribution is 5.35. The molecule has 1 aromatic rings. The molecule has 1 aliphatic rings. The van der Waals surface area contributed by atoms with E-state index in [1.165, 1.54) is 16.8 Å². The van der Waals surface area contributed by atoms with Crippen LogP contribution in [0.5, 0.6) is 0 Å². The van der Waals surface area contributed by atoms with E-state index in [4.69, 9.17) is 4.74 Å². The van der Waals surface area contributed by atoms with Gasteiger partial charge in [-0.1, -0.05) is 27.7 Å². The van der Waals surface area contributed by atoms with Crippen molar-refractivity contribution in [3.8, 4) is 0 Å². The molecule has 2 heteroatoms. The fraction of sp³-hybridized carbons (Fsp3) is 0.667. The molecule has 17 heavy (non-hydrogen) atoms. The van der Waals surface area contributed by atoms with Crippen LogP contribution in [0.25, 0.3) is 0 Å². The minimum absolute atomic E-state index is 0.490. The van der Waals surface area contributed by atoms with Gasteiger partial charge in [-0.25, -0.2) is 0 Å². The maximum absolute atomic E-state index is 5.71. The molecule has 0 amide bonds. The van der Waals surface area contributed by atoms with E-state index in [1.54, 1.807) is 0 Å². The van der Waals surface area contributed by atoms with Crippen LogP contribution in [0.15, 0.2) is 12.3 Å². The second-order valence-electron chi connectivity index (χ2n) is 5.62. The number of rotatable bonds is 2. The maximum Gasteiger partial charge on any atom is 0.0720 e. The Balaban J connectivity index is 2.52. The largest absolute Gasteiger partial charge is 0.377 e. The van der Waals surface area contributed by atoms with Crippen LogP contribution in [0.1, 0.15) is 62.8 Å². The van der Waals surface area contributed by atoms with E-state index in [2.05, 4.69) is 38.7 Å². The first kappa shape index (κ1) is 12.6. The van der Waals surface area contributed by atoms with Crippen molar-refractivity contribution in [1.82, 2.24) is 4.98 Å². The molecular weight excluding hydrogens is 210 g/mol. The molecule has 94 valence electrons. The molecular formula is C15H23NO. The van der Waals surface area contributed by atoms with Gasteiger partial charge in [0.1, 0.15) is 0 Å². The zero-order valence-electron chi connectivity index (χ0n) is 11.4. The lowest BCUT2D eigenvalue weighted by Gasteiger charge is -2.24. The van der Waals surface area contributed by atoms with Crippen LogP contribution in [0.4, 0.5) is 0 Å². The third-order valence-electron chi connectivity index (χ3n) is 3.66. The predicted octanol–water partition coefficient (Wildman–Crippen LogP) is 3.86. The van der Waals surface area contributed by atoms with E-state index < -0.39 is 0 Å². The van der Waals surface area contributed by atoms with Crippen molar-refractivity contribution >= 4 is 0 Å². The quantitative estimate of drug-likeness (QED) is 0.773. The van der Waals surface area contributed by atoms with Gasteiger partial charge >= 0.3 is 0 Å².